The highest BCUT2D eigenvalue weighted by Gasteiger charge is 2.16. The number of hydrogen-bond acceptors (Lipinski definition) is 0. The molecule has 1 atom stereocenters. The van der Waals surface area contributed by atoms with Crippen molar-refractivity contribution in [1.29, 1.82) is 0 Å². The van der Waals surface area contributed by atoms with Crippen molar-refractivity contribution in [3.8, 4) is 0 Å². The molecular weight excluding hydrogens is 282 g/mol. The zero-order valence-electron chi connectivity index (χ0n) is 11.1. The predicted molar refractivity (Wildman–Crippen MR) is 79.8 cm³/mol. The molecule has 0 aliphatic carbocycles. The molecule has 0 aromatic heterocycles. The molecule has 0 amide bonds. The molecule has 2 aromatic carbocycles. The minimum atomic E-state index is -0.295. The normalized spacial score (nSPS) is 12.5. The van der Waals surface area contributed by atoms with Crippen molar-refractivity contribution < 1.29 is 4.39 Å². The van der Waals surface area contributed by atoms with E-state index in [1.165, 1.54) is 12.1 Å². The summed E-state index contributed by atoms with van der Waals surface area (Å²) in [5.74, 6) is -0.242. The lowest BCUT2D eigenvalue weighted by Crippen LogP contribution is -2.00. The van der Waals surface area contributed by atoms with Crippen LogP contribution in [0.3, 0.4) is 0 Å². The Kier molecular flexibility index (Phi) is 4.17. The molecular formula is C16H15Cl2F. The summed E-state index contributed by atoms with van der Waals surface area (Å²) in [6, 6.07) is 8.60. The number of halogens is 3. The fourth-order valence-electron chi connectivity index (χ4n) is 2.17. The van der Waals surface area contributed by atoms with Crippen LogP contribution in [-0.2, 0) is 0 Å². The van der Waals surface area contributed by atoms with E-state index in [-0.39, 0.29) is 11.2 Å². The van der Waals surface area contributed by atoms with E-state index in [1.807, 2.05) is 32.9 Å². The highest BCUT2D eigenvalue weighted by Crippen LogP contribution is 2.35. The maximum absolute atomic E-state index is 13.1. The third-order valence-electron chi connectivity index (χ3n) is 3.33. The minimum Gasteiger partial charge on any atom is -0.207 e. The number of rotatable bonds is 2. The third kappa shape index (κ3) is 2.93. The fourth-order valence-corrected chi connectivity index (χ4v) is 2.87. The first kappa shape index (κ1) is 14.4. The lowest BCUT2D eigenvalue weighted by Gasteiger charge is -2.17. The molecule has 0 radical (unpaired) electrons. The Morgan fingerprint density at radius 2 is 1.53 bits per heavy atom. The van der Waals surface area contributed by atoms with Crippen LogP contribution >= 0.6 is 23.2 Å². The predicted octanol–water partition coefficient (Wildman–Crippen LogP) is 5.73. The van der Waals surface area contributed by atoms with Crippen LogP contribution in [0.4, 0.5) is 4.39 Å². The second-order valence-electron chi connectivity index (χ2n) is 4.82. The van der Waals surface area contributed by atoms with Crippen LogP contribution in [0.25, 0.3) is 0 Å². The van der Waals surface area contributed by atoms with Gasteiger partial charge in [0.2, 0.25) is 0 Å². The van der Waals surface area contributed by atoms with E-state index < -0.39 is 0 Å². The third-order valence-corrected chi connectivity index (χ3v) is 4.20. The first-order valence-corrected chi connectivity index (χ1v) is 6.88. The van der Waals surface area contributed by atoms with E-state index in [0.717, 1.165) is 32.8 Å². The summed E-state index contributed by atoms with van der Waals surface area (Å²) in [7, 11) is 0. The van der Waals surface area contributed by atoms with Crippen molar-refractivity contribution in [1.82, 2.24) is 0 Å². The first-order valence-electron chi connectivity index (χ1n) is 6.07. The summed E-state index contributed by atoms with van der Waals surface area (Å²) in [6.45, 7) is 5.80. The Morgan fingerprint density at radius 3 is 2.16 bits per heavy atom. The Balaban J connectivity index is 2.49. The molecule has 0 saturated heterocycles. The Hall–Kier alpha value is -1.05. The van der Waals surface area contributed by atoms with Gasteiger partial charge >= 0.3 is 0 Å². The summed E-state index contributed by atoms with van der Waals surface area (Å²) in [5, 5.41) is 0.442. The van der Waals surface area contributed by atoms with E-state index in [9.17, 15) is 4.39 Å². The smallest absolute Gasteiger partial charge is 0.123 e. The summed E-state index contributed by atoms with van der Waals surface area (Å²) in [5.41, 5.74) is 4.82. The van der Waals surface area contributed by atoms with Gasteiger partial charge in [0.25, 0.3) is 0 Å². The van der Waals surface area contributed by atoms with Crippen LogP contribution in [-0.4, -0.2) is 0 Å². The van der Waals surface area contributed by atoms with Crippen LogP contribution in [0, 0.1) is 26.6 Å². The van der Waals surface area contributed by atoms with Crippen LogP contribution in [0.5, 0.6) is 0 Å². The van der Waals surface area contributed by atoms with Gasteiger partial charge in [-0.1, -0.05) is 23.7 Å². The molecule has 0 aliphatic heterocycles. The second kappa shape index (κ2) is 5.52. The van der Waals surface area contributed by atoms with Gasteiger partial charge in [0.1, 0.15) is 5.82 Å². The second-order valence-corrected chi connectivity index (χ2v) is 5.67. The van der Waals surface area contributed by atoms with Crippen LogP contribution in [0.15, 0.2) is 30.3 Å². The number of alkyl halides is 1. The molecule has 1 unspecified atom stereocenters. The highest BCUT2D eigenvalue weighted by atomic mass is 35.5. The van der Waals surface area contributed by atoms with E-state index >= 15 is 0 Å². The standard InChI is InChI=1S/C16H15Cl2F/c1-9-6-12(19)4-5-13(9)16(18)14-7-11(3)15(17)8-10(14)2/h4-8,16H,1-3H3. The zero-order valence-corrected chi connectivity index (χ0v) is 12.6. The fraction of sp³-hybridized carbons (Fsp3) is 0.250. The molecule has 0 aliphatic rings. The Labute approximate surface area is 123 Å². The maximum Gasteiger partial charge on any atom is 0.123 e. The number of benzene rings is 2. The van der Waals surface area contributed by atoms with Crippen molar-refractivity contribution in [2.75, 3.05) is 0 Å². The van der Waals surface area contributed by atoms with Gasteiger partial charge in [0.15, 0.2) is 0 Å². The van der Waals surface area contributed by atoms with Crippen molar-refractivity contribution >= 4 is 23.2 Å². The molecule has 19 heavy (non-hydrogen) atoms. The average molecular weight is 297 g/mol. The Morgan fingerprint density at radius 1 is 0.895 bits per heavy atom. The summed E-state index contributed by atoms with van der Waals surface area (Å²) in [6.07, 6.45) is 0. The van der Waals surface area contributed by atoms with Crippen molar-refractivity contribution in [3.63, 3.8) is 0 Å². The zero-order chi connectivity index (χ0) is 14.2. The summed E-state index contributed by atoms with van der Waals surface area (Å²) in [4.78, 5) is 0. The molecule has 2 aromatic rings. The van der Waals surface area contributed by atoms with Crippen LogP contribution in [0.2, 0.25) is 5.02 Å². The van der Waals surface area contributed by atoms with Crippen molar-refractivity contribution in [2.24, 2.45) is 0 Å². The number of hydrogen-bond donors (Lipinski definition) is 0. The Bertz CT molecular complexity index is 620. The summed E-state index contributed by atoms with van der Waals surface area (Å²) < 4.78 is 13.1. The van der Waals surface area contributed by atoms with Gasteiger partial charge in [-0.3, -0.25) is 0 Å². The molecule has 0 bridgehead atoms. The molecule has 0 fully saturated rings. The van der Waals surface area contributed by atoms with E-state index in [1.54, 1.807) is 6.07 Å². The molecule has 100 valence electrons. The van der Waals surface area contributed by atoms with Gasteiger partial charge in [0, 0.05) is 5.02 Å². The SMILES string of the molecule is Cc1cc(C(Cl)c2ccc(F)cc2C)c(C)cc1Cl. The van der Waals surface area contributed by atoms with E-state index in [4.69, 9.17) is 23.2 Å². The minimum absolute atomic E-state index is 0.242. The lowest BCUT2D eigenvalue weighted by molar-refractivity contribution is 0.625. The molecule has 0 nitrogen and oxygen atoms in total. The van der Waals surface area contributed by atoms with Gasteiger partial charge in [-0.05, 0) is 66.8 Å². The molecule has 0 spiro atoms. The van der Waals surface area contributed by atoms with Gasteiger partial charge in [0.05, 0.1) is 5.38 Å². The maximum atomic E-state index is 13.1. The quantitative estimate of drug-likeness (QED) is 0.621. The first-order chi connectivity index (χ1) is 8.90. The van der Waals surface area contributed by atoms with Crippen molar-refractivity contribution in [3.05, 3.63) is 69.0 Å². The highest BCUT2D eigenvalue weighted by molar-refractivity contribution is 6.31. The van der Waals surface area contributed by atoms with Gasteiger partial charge in [-0.25, -0.2) is 4.39 Å². The average Bonchev–Trinajstić information content (AvgIpc) is 2.33. The lowest BCUT2D eigenvalue weighted by atomic mass is 9.95. The van der Waals surface area contributed by atoms with Crippen LogP contribution in [0.1, 0.15) is 33.2 Å². The van der Waals surface area contributed by atoms with Crippen molar-refractivity contribution in [2.45, 2.75) is 26.1 Å². The molecule has 3 heteroatoms. The van der Waals surface area contributed by atoms with Gasteiger partial charge in [-0.2, -0.15) is 0 Å². The van der Waals surface area contributed by atoms with E-state index in [2.05, 4.69) is 0 Å². The van der Waals surface area contributed by atoms with Gasteiger partial charge < -0.3 is 0 Å². The largest absolute Gasteiger partial charge is 0.207 e. The summed E-state index contributed by atoms with van der Waals surface area (Å²) >= 11 is 12.6. The molecule has 0 heterocycles. The monoisotopic (exact) mass is 296 g/mol. The number of aryl methyl sites for hydroxylation is 3. The van der Waals surface area contributed by atoms with Crippen LogP contribution < -0.4 is 0 Å². The van der Waals surface area contributed by atoms with Gasteiger partial charge in [-0.15, -0.1) is 11.6 Å². The molecule has 2 rings (SSSR count). The molecule has 0 saturated carbocycles. The molecule has 0 N–H and O–H groups in total. The van der Waals surface area contributed by atoms with E-state index in [0.29, 0.717) is 0 Å². The topological polar surface area (TPSA) is 0 Å².